The molecule has 0 amide bonds. The lowest BCUT2D eigenvalue weighted by Gasteiger charge is -2.33. The van der Waals surface area contributed by atoms with Crippen molar-refractivity contribution in [1.82, 2.24) is 13.8 Å². The number of sulfonamides is 1. The molecule has 1 aromatic heterocycles. The van der Waals surface area contributed by atoms with Gasteiger partial charge in [-0.2, -0.15) is 9.57 Å². The average Bonchev–Trinajstić information content (AvgIpc) is 3.18. The van der Waals surface area contributed by atoms with Gasteiger partial charge in [0.2, 0.25) is 10.0 Å². The highest BCUT2D eigenvalue weighted by Crippen LogP contribution is 2.24. The van der Waals surface area contributed by atoms with Gasteiger partial charge in [0.05, 0.1) is 19.0 Å². The molecule has 0 unspecified atom stereocenters. The van der Waals surface area contributed by atoms with Crippen molar-refractivity contribution in [2.24, 2.45) is 0 Å². The van der Waals surface area contributed by atoms with Gasteiger partial charge in [0.15, 0.2) is 5.78 Å². The number of nitriles is 1. The molecule has 10 heteroatoms. The minimum Gasteiger partial charge on any atom is -0.346 e. The summed E-state index contributed by atoms with van der Waals surface area (Å²) in [6, 6.07) is 11.9. The van der Waals surface area contributed by atoms with Crippen LogP contribution in [-0.4, -0.2) is 60.7 Å². The Kier molecular flexibility index (Phi) is 6.56. The maximum absolute atomic E-state index is 14.0. The van der Waals surface area contributed by atoms with Crippen molar-refractivity contribution in [3.63, 3.8) is 0 Å². The Balaban J connectivity index is 1.45. The van der Waals surface area contributed by atoms with Gasteiger partial charge in [-0.15, -0.1) is 0 Å². The summed E-state index contributed by atoms with van der Waals surface area (Å²) in [6.07, 6.45) is 2.09. The van der Waals surface area contributed by atoms with E-state index in [2.05, 4.69) is 6.07 Å². The summed E-state index contributed by atoms with van der Waals surface area (Å²) in [7, 11) is -4.18. The van der Waals surface area contributed by atoms with Crippen molar-refractivity contribution < 1.29 is 22.0 Å². The first kappa shape index (κ1) is 23.0. The monoisotopic (exact) mass is 472 g/mol. The fourth-order valence-electron chi connectivity index (χ4n) is 4.05. The number of benzene rings is 2. The lowest BCUT2D eigenvalue weighted by atomic mass is 10.1. The molecule has 0 spiro atoms. The van der Waals surface area contributed by atoms with Gasteiger partial charge in [-0.25, -0.2) is 17.2 Å². The van der Waals surface area contributed by atoms with Crippen molar-refractivity contribution in [1.29, 1.82) is 5.26 Å². The van der Waals surface area contributed by atoms with Gasteiger partial charge in [0, 0.05) is 55.4 Å². The van der Waals surface area contributed by atoms with Gasteiger partial charge < -0.3 is 4.57 Å². The van der Waals surface area contributed by atoms with Crippen molar-refractivity contribution >= 4 is 26.7 Å². The number of fused-ring (bicyclic) bond motifs is 1. The van der Waals surface area contributed by atoms with Gasteiger partial charge in [-0.1, -0.05) is 18.2 Å². The summed E-state index contributed by atoms with van der Waals surface area (Å²) in [5.74, 6) is -1.93. The van der Waals surface area contributed by atoms with Crippen molar-refractivity contribution in [2.45, 2.75) is 17.9 Å². The van der Waals surface area contributed by atoms with Crippen molar-refractivity contribution in [3.05, 3.63) is 65.9 Å². The zero-order valence-electron chi connectivity index (χ0n) is 17.7. The molecule has 3 aromatic rings. The van der Waals surface area contributed by atoms with Gasteiger partial charge in [0.25, 0.3) is 0 Å². The van der Waals surface area contributed by atoms with Gasteiger partial charge in [-0.05, 0) is 24.3 Å². The topological polar surface area (TPSA) is 86.4 Å². The molecule has 4 rings (SSSR count). The third-order valence-corrected chi connectivity index (χ3v) is 7.68. The Hall–Kier alpha value is -3.13. The molecule has 0 aliphatic carbocycles. The lowest BCUT2D eigenvalue weighted by Crippen LogP contribution is -2.49. The van der Waals surface area contributed by atoms with Crippen LogP contribution < -0.4 is 0 Å². The lowest BCUT2D eigenvalue weighted by molar-refractivity contribution is 0.0903. The second kappa shape index (κ2) is 9.39. The first-order valence-electron chi connectivity index (χ1n) is 10.5. The molecule has 172 valence electrons. The van der Waals surface area contributed by atoms with Gasteiger partial charge in [0.1, 0.15) is 16.5 Å². The Morgan fingerprint density at radius 3 is 2.52 bits per heavy atom. The highest BCUT2D eigenvalue weighted by molar-refractivity contribution is 7.89. The zero-order chi connectivity index (χ0) is 23.6. The third-order valence-electron chi connectivity index (χ3n) is 5.76. The average molecular weight is 473 g/mol. The van der Waals surface area contributed by atoms with Crippen LogP contribution in [0.3, 0.4) is 0 Å². The molecule has 33 heavy (non-hydrogen) atoms. The fraction of sp³-hybridized carbons (Fsp3) is 0.304. The number of piperazine rings is 1. The molecule has 7 nitrogen and oxygen atoms in total. The van der Waals surface area contributed by atoms with Crippen LogP contribution in [0.15, 0.2) is 53.6 Å². The minimum atomic E-state index is -4.18. The molecule has 1 saturated heterocycles. The Labute approximate surface area is 190 Å². The van der Waals surface area contributed by atoms with E-state index in [9.17, 15) is 22.0 Å². The molecule has 0 saturated carbocycles. The molecule has 1 aliphatic heterocycles. The SMILES string of the molecule is N#CCCn1cc(C(=O)CN2CCN(S(=O)(=O)c3cc(F)ccc3F)CC2)c2ccccc21. The van der Waals surface area contributed by atoms with Crippen LogP contribution >= 0.6 is 0 Å². The number of rotatable bonds is 7. The first-order chi connectivity index (χ1) is 15.8. The van der Waals surface area contributed by atoms with Crippen LogP contribution in [0.5, 0.6) is 0 Å². The van der Waals surface area contributed by atoms with Gasteiger partial charge >= 0.3 is 0 Å². The number of hydrogen-bond acceptors (Lipinski definition) is 5. The summed E-state index contributed by atoms with van der Waals surface area (Å²) in [6.45, 7) is 1.29. The normalized spacial score (nSPS) is 15.5. The molecule has 0 radical (unpaired) electrons. The number of nitrogens with zero attached hydrogens (tertiary/aromatic N) is 4. The van der Waals surface area contributed by atoms with Gasteiger partial charge in [-0.3, -0.25) is 9.69 Å². The summed E-state index contributed by atoms with van der Waals surface area (Å²) in [4.78, 5) is 14.2. The molecule has 1 aliphatic rings. The van der Waals surface area contributed by atoms with Crippen LogP contribution in [0.4, 0.5) is 8.78 Å². The molecular formula is C23H22F2N4O3S. The van der Waals surface area contributed by atoms with E-state index in [4.69, 9.17) is 5.26 Å². The van der Waals surface area contributed by atoms with E-state index in [1.165, 1.54) is 0 Å². The quantitative estimate of drug-likeness (QED) is 0.494. The number of ketones is 1. The van der Waals surface area contributed by atoms with E-state index in [0.717, 1.165) is 27.3 Å². The fourth-order valence-corrected chi connectivity index (χ4v) is 5.55. The number of carbonyl (C=O) groups is 1. The van der Waals surface area contributed by atoms with Crippen LogP contribution in [0.25, 0.3) is 10.9 Å². The van der Waals surface area contributed by atoms with E-state index >= 15 is 0 Å². The number of aryl methyl sites for hydroxylation is 1. The number of aromatic nitrogens is 1. The van der Waals surface area contributed by atoms with Crippen molar-refractivity contribution in [2.75, 3.05) is 32.7 Å². The molecule has 2 heterocycles. The summed E-state index contributed by atoms with van der Waals surface area (Å²) in [5, 5.41) is 9.70. The second-order valence-electron chi connectivity index (χ2n) is 7.84. The molecule has 0 N–H and O–H groups in total. The Bertz CT molecular complexity index is 1340. The number of halogens is 2. The predicted molar refractivity (Wildman–Crippen MR) is 118 cm³/mol. The third kappa shape index (κ3) is 4.66. The Morgan fingerprint density at radius 2 is 1.79 bits per heavy atom. The highest BCUT2D eigenvalue weighted by Gasteiger charge is 2.31. The van der Waals surface area contributed by atoms with E-state index in [1.54, 1.807) is 6.20 Å². The van der Waals surface area contributed by atoms with E-state index in [-0.39, 0.29) is 38.5 Å². The molecule has 0 atom stereocenters. The number of Topliss-reactive ketones (excluding diaryl/α,β-unsaturated/α-hetero) is 1. The Morgan fingerprint density at radius 1 is 1.06 bits per heavy atom. The molecular weight excluding hydrogens is 450 g/mol. The smallest absolute Gasteiger partial charge is 0.246 e. The first-order valence-corrected chi connectivity index (χ1v) is 11.9. The standard InChI is InChI=1S/C23H22F2N4O3S/c24-17-6-7-20(25)23(14-17)33(31,32)29-12-10-27(11-13-29)16-22(30)19-15-28(9-3-8-26)21-5-2-1-4-18(19)21/h1-2,4-7,14-15H,3,9-13,16H2. The largest absolute Gasteiger partial charge is 0.346 e. The van der Waals surface area contributed by atoms with E-state index < -0.39 is 26.6 Å². The highest BCUT2D eigenvalue weighted by atomic mass is 32.2. The van der Waals surface area contributed by atoms with E-state index in [1.807, 2.05) is 33.7 Å². The number of para-hydroxylation sites is 1. The second-order valence-corrected chi connectivity index (χ2v) is 9.75. The van der Waals surface area contributed by atoms with Crippen LogP contribution in [0.1, 0.15) is 16.8 Å². The van der Waals surface area contributed by atoms with E-state index in [0.29, 0.717) is 24.6 Å². The van der Waals surface area contributed by atoms with Crippen LogP contribution in [0, 0.1) is 23.0 Å². The maximum atomic E-state index is 14.0. The predicted octanol–water partition coefficient (Wildman–Crippen LogP) is 3.02. The summed E-state index contributed by atoms with van der Waals surface area (Å²) >= 11 is 0. The summed E-state index contributed by atoms with van der Waals surface area (Å²) in [5.41, 5.74) is 1.43. The number of carbonyl (C=O) groups excluding carboxylic acids is 1. The van der Waals surface area contributed by atoms with Crippen LogP contribution in [0.2, 0.25) is 0 Å². The van der Waals surface area contributed by atoms with Crippen molar-refractivity contribution in [3.8, 4) is 6.07 Å². The summed E-state index contributed by atoms with van der Waals surface area (Å²) < 4.78 is 56.0. The minimum absolute atomic E-state index is 0.0650. The molecule has 0 bridgehead atoms. The maximum Gasteiger partial charge on any atom is 0.246 e. The molecule has 2 aromatic carbocycles. The number of hydrogen-bond donors (Lipinski definition) is 0. The molecule has 1 fully saturated rings. The van der Waals surface area contributed by atoms with Crippen LogP contribution in [-0.2, 0) is 16.6 Å². The zero-order valence-corrected chi connectivity index (χ0v) is 18.6.